The topological polar surface area (TPSA) is 38.7 Å². The fourth-order valence-electron chi connectivity index (χ4n) is 0.400. The lowest BCUT2D eigenvalue weighted by Gasteiger charge is -2.02. The zero-order chi connectivity index (χ0) is 7.11. The molecule has 0 aliphatic rings. The van der Waals surface area contributed by atoms with Crippen LogP contribution in [0.3, 0.4) is 0 Å². The first-order chi connectivity index (χ1) is 4.31. The molecule has 3 heteroatoms. The molecule has 0 saturated heterocycles. The van der Waals surface area contributed by atoms with E-state index in [2.05, 4.69) is 4.99 Å². The Morgan fingerprint density at radius 2 is 2.44 bits per heavy atom. The second-order valence-corrected chi connectivity index (χ2v) is 1.69. The number of carbonyl (C=O) groups excluding carboxylic acids is 1. The second-order valence-electron chi connectivity index (χ2n) is 1.69. The van der Waals surface area contributed by atoms with Crippen LogP contribution in [0.4, 0.5) is 0 Å². The van der Waals surface area contributed by atoms with Crippen molar-refractivity contribution >= 4 is 6.08 Å². The Morgan fingerprint density at radius 3 is 2.89 bits per heavy atom. The second kappa shape index (κ2) is 5.48. The van der Waals surface area contributed by atoms with Crippen LogP contribution >= 0.6 is 0 Å². The highest BCUT2D eigenvalue weighted by Gasteiger charge is 1.93. The molecule has 0 fully saturated rings. The molecule has 0 bridgehead atoms. The van der Waals surface area contributed by atoms with Gasteiger partial charge in [-0.25, -0.2) is 4.79 Å². The first kappa shape index (κ1) is 8.34. The molecule has 1 unspecified atom stereocenters. The van der Waals surface area contributed by atoms with Gasteiger partial charge in [0, 0.05) is 6.61 Å². The van der Waals surface area contributed by atoms with E-state index in [1.807, 2.05) is 6.92 Å². The molecule has 0 amide bonds. The van der Waals surface area contributed by atoms with E-state index < -0.39 is 0 Å². The molecule has 0 aliphatic heterocycles. The van der Waals surface area contributed by atoms with E-state index in [1.165, 1.54) is 6.08 Å². The summed E-state index contributed by atoms with van der Waals surface area (Å²) >= 11 is 0. The van der Waals surface area contributed by atoms with Crippen molar-refractivity contribution in [3.05, 3.63) is 0 Å². The Balaban J connectivity index is 3.26. The zero-order valence-corrected chi connectivity index (χ0v) is 5.76. The maximum absolute atomic E-state index is 9.61. The fraction of sp³-hybridized carbons (Fsp3) is 0.833. The number of hydrogen-bond donors (Lipinski definition) is 0. The van der Waals surface area contributed by atoms with Crippen molar-refractivity contribution in [1.29, 1.82) is 0 Å². The van der Waals surface area contributed by atoms with E-state index >= 15 is 0 Å². The van der Waals surface area contributed by atoms with Crippen LogP contribution in [0.25, 0.3) is 0 Å². The van der Waals surface area contributed by atoms with Crippen LogP contribution in [0.1, 0.15) is 20.3 Å². The van der Waals surface area contributed by atoms with Crippen molar-refractivity contribution in [2.45, 2.75) is 26.5 Å². The van der Waals surface area contributed by atoms with Gasteiger partial charge in [0.2, 0.25) is 6.08 Å². The highest BCUT2D eigenvalue weighted by Crippen LogP contribution is 1.90. The van der Waals surface area contributed by atoms with Gasteiger partial charge in [-0.1, -0.05) is 6.92 Å². The van der Waals surface area contributed by atoms with Gasteiger partial charge < -0.3 is 4.74 Å². The Bertz CT molecular complexity index is 108. The molecule has 0 saturated carbocycles. The summed E-state index contributed by atoms with van der Waals surface area (Å²) in [5, 5.41) is 0. The predicted molar refractivity (Wildman–Crippen MR) is 33.8 cm³/mol. The number of isocyanates is 1. The largest absolute Gasteiger partial charge is 0.356 e. The van der Waals surface area contributed by atoms with Crippen LogP contribution < -0.4 is 0 Å². The fourth-order valence-corrected chi connectivity index (χ4v) is 0.400. The average molecular weight is 129 g/mol. The summed E-state index contributed by atoms with van der Waals surface area (Å²) in [5.41, 5.74) is 0. The van der Waals surface area contributed by atoms with Crippen LogP contribution in [0.2, 0.25) is 0 Å². The molecule has 0 N–H and O–H groups in total. The lowest BCUT2D eigenvalue weighted by Crippen LogP contribution is -2.04. The van der Waals surface area contributed by atoms with Crippen LogP contribution in [-0.2, 0) is 9.53 Å². The minimum atomic E-state index is -0.331. The maximum Gasteiger partial charge on any atom is 0.237 e. The number of ether oxygens (including phenoxy) is 1. The third-order valence-electron chi connectivity index (χ3n) is 0.798. The Morgan fingerprint density at radius 1 is 1.78 bits per heavy atom. The van der Waals surface area contributed by atoms with Gasteiger partial charge in [0.1, 0.15) is 0 Å². The summed E-state index contributed by atoms with van der Waals surface area (Å²) in [4.78, 5) is 12.9. The van der Waals surface area contributed by atoms with Gasteiger partial charge in [-0.2, -0.15) is 4.99 Å². The third kappa shape index (κ3) is 5.21. The Kier molecular flexibility index (Phi) is 5.07. The van der Waals surface area contributed by atoms with Crippen LogP contribution in [0, 0.1) is 0 Å². The van der Waals surface area contributed by atoms with Gasteiger partial charge in [0.05, 0.1) is 0 Å². The SMILES string of the molecule is CCCOC(C)N=C=O. The molecule has 0 aromatic rings. The summed E-state index contributed by atoms with van der Waals surface area (Å²) in [6.45, 7) is 4.35. The molecule has 1 atom stereocenters. The Labute approximate surface area is 54.7 Å². The van der Waals surface area contributed by atoms with Gasteiger partial charge >= 0.3 is 0 Å². The Hall–Kier alpha value is -0.660. The lowest BCUT2D eigenvalue weighted by molar-refractivity contribution is 0.0729. The normalized spacial score (nSPS) is 12.2. The number of rotatable bonds is 4. The molecule has 0 aromatic carbocycles. The number of hydrogen-bond acceptors (Lipinski definition) is 3. The van der Waals surface area contributed by atoms with E-state index in [4.69, 9.17) is 4.74 Å². The first-order valence-corrected chi connectivity index (χ1v) is 2.99. The maximum atomic E-state index is 9.61. The number of aliphatic imine (C=N–C) groups is 1. The van der Waals surface area contributed by atoms with E-state index in [0.717, 1.165) is 6.42 Å². The molecule has 0 heterocycles. The minimum Gasteiger partial charge on any atom is -0.356 e. The van der Waals surface area contributed by atoms with Crippen molar-refractivity contribution in [2.24, 2.45) is 4.99 Å². The quantitative estimate of drug-likeness (QED) is 0.421. The van der Waals surface area contributed by atoms with Crippen molar-refractivity contribution in [1.82, 2.24) is 0 Å². The molecule has 3 nitrogen and oxygen atoms in total. The van der Waals surface area contributed by atoms with E-state index in [-0.39, 0.29) is 6.23 Å². The third-order valence-corrected chi connectivity index (χ3v) is 0.798. The molecule has 0 radical (unpaired) electrons. The molecule has 9 heavy (non-hydrogen) atoms. The van der Waals surface area contributed by atoms with Crippen LogP contribution in [0.15, 0.2) is 4.99 Å². The van der Waals surface area contributed by atoms with Crippen molar-refractivity contribution in [2.75, 3.05) is 6.61 Å². The van der Waals surface area contributed by atoms with Gasteiger partial charge in [-0.15, -0.1) is 0 Å². The van der Waals surface area contributed by atoms with Gasteiger partial charge in [0.15, 0.2) is 6.23 Å². The van der Waals surface area contributed by atoms with Gasteiger partial charge in [0.25, 0.3) is 0 Å². The molecule has 52 valence electrons. The van der Waals surface area contributed by atoms with Crippen molar-refractivity contribution in [3.63, 3.8) is 0 Å². The predicted octanol–water partition coefficient (Wildman–Crippen LogP) is 1.09. The molecular weight excluding hydrogens is 118 g/mol. The van der Waals surface area contributed by atoms with Crippen molar-refractivity contribution in [3.8, 4) is 0 Å². The van der Waals surface area contributed by atoms with Gasteiger partial charge in [-0.3, -0.25) is 0 Å². The molecule has 0 aliphatic carbocycles. The van der Waals surface area contributed by atoms with E-state index in [0.29, 0.717) is 6.61 Å². The zero-order valence-electron chi connectivity index (χ0n) is 5.76. The van der Waals surface area contributed by atoms with E-state index in [1.54, 1.807) is 6.92 Å². The van der Waals surface area contributed by atoms with Crippen molar-refractivity contribution < 1.29 is 9.53 Å². The van der Waals surface area contributed by atoms with Crippen LogP contribution in [0.5, 0.6) is 0 Å². The lowest BCUT2D eigenvalue weighted by atomic mass is 10.5. The summed E-state index contributed by atoms with van der Waals surface area (Å²) in [6, 6.07) is 0. The standard InChI is InChI=1S/C6H11NO2/c1-3-4-9-6(2)7-5-8/h6H,3-4H2,1-2H3. The molecule has 0 rings (SSSR count). The summed E-state index contributed by atoms with van der Waals surface area (Å²) in [6.07, 6.45) is 2.04. The van der Waals surface area contributed by atoms with E-state index in [9.17, 15) is 4.79 Å². The summed E-state index contributed by atoms with van der Waals surface area (Å²) in [5.74, 6) is 0. The smallest absolute Gasteiger partial charge is 0.237 e. The highest BCUT2D eigenvalue weighted by atomic mass is 16.5. The van der Waals surface area contributed by atoms with Gasteiger partial charge in [-0.05, 0) is 13.3 Å². The summed E-state index contributed by atoms with van der Waals surface area (Å²) < 4.78 is 5.00. The van der Waals surface area contributed by atoms with Crippen LogP contribution in [-0.4, -0.2) is 18.9 Å². The first-order valence-electron chi connectivity index (χ1n) is 2.99. The number of nitrogens with zero attached hydrogens (tertiary/aromatic N) is 1. The molecule has 0 aromatic heterocycles. The average Bonchev–Trinajstić information content (AvgIpc) is 1.85. The minimum absolute atomic E-state index is 0.331. The molecular formula is C6H11NO2. The monoisotopic (exact) mass is 129 g/mol. The highest BCUT2D eigenvalue weighted by molar-refractivity contribution is 5.32. The summed E-state index contributed by atoms with van der Waals surface area (Å²) in [7, 11) is 0. The molecule has 0 spiro atoms.